The van der Waals surface area contributed by atoms with Crippen LogP contribution in [-0.2, 0) is 10.0 Å². The number of hydrogen-bond acceptors (Lipinski definition) is 6. The van der Waals surface area contributed by atoms with Crippen LogP contribution in [0.1, 0.15) is 61.9 Å². The topological polar surface area (TPSA) is 128 Å². The van der Waals surface area contributed by atoms with Gasteiger partial charge in [0.25, 0.3) is 15.9 Å². The highest BCUT2D eigenvalue weighted by Crippen LogP contribution is 2.31. The van der Waals surface area contributed by atoms with Gasteiger partial charge in [-0.2, -0.15) is 0 Å². The molecule has 0 unspecified atom stereocenters. The van der Waals surface area contributed by atoms with Crippen LogP contribution in [0.2, 0.25) is 0 Å². The summed E-state index contributed by atoms with van der Waals surface area (Å²) in [6.07, 6.45) is 4.94. The minimum atomic E-state index is -3.89. The molecule has 11 heteroatoms. The Morgan fingerprint density at radius 3 is 2.49 bits per heavy atom. The van der Waals surface area contributed by atoms with Gasteiger partial charge in [-0.15, -0.1) is 0 Å². The van der Waals surface area contributed by atoms with Gasteiger partial charge in [0.2, 0.25) is 0 Å². The highest BCUT2D eigenvalue weighted by molar-refractivity contribution is 7.92. The van der Waals surface area contributed by atoms with Gasteiger partial charge in [-0.25, -0.2) is 13.2 Å². The van der Waals surface area contributed by atoms with E-state index in [-0.39, 0.29) is 53.2 Å². The molecule has 3 N–H and O–H groups in total. The van der Waals surface area contributed by atoms with E-state index in [1.54, 1.807) is 48.0 Å². The molecule has 3 atom stereocenters. The van der Waals surface area contributed by atoms with Crippen LogP contribution in [-0.4, -0.2) is 80.2 Å². The first-order valence-corrected chi connectivity index (χ1v) is 15.8. The van der Waals surface area contributed by atoms with E-state index in [0.717, 1.165) is 31.2 Å². The van der Waals surface area contributed by atoms with Gasteiger partial charge >= 0.3 is 6.03 Å². The number of aliphatic hydroxyl groups is 1. The number of anilines is 1. The Hall–Kier alpha value is -3.31. The van der Waals surface area contributed by atoms with Crippen molar-refractivity contribution in [3.05, 3.63) is 53.6 Å². The molecule has 0 bridgehead atoms. The lowest BCUT2D eigenvalue weighted by Crippen LogP contribution is -2.52. The number of urea groups is 1. The van der Waals surface area contributed by atoms with Gasteiger partial charge in [0, 0.05) is 31.2 Å². The molecule has 41 heavy (non-hydrogen) atoms. The molecule has 2 aromatic rings. The number of nitrogens with one attached hydrogen (secondary N) is 2. The van der Waals surface area contributed by atoms with Crippen molar-refractivity contribution in [3.8, 4) is 5.75 Å². The summed E-state index contributed by atoms with van der Waals surface area (Å²) in [5.41, 5.74) is 1.33. The van der Waals surface area contributed by atoms with Crippen molar-refractivity contribution in [2.24, 2.45) is 5.92 Å². The molecule has 1 aliphatic carbocycles. The second-order valence-corrected chi connectivity index (χ2v) is 13.1. The van der Waals surface area contributed by atoms with Crippen molar-refractivity contribution >= 4 is 27.6 Å². The van der Waals surface area contributed by atoms with Gasteiger partial charge < -0.3 is 25.0 Å². The van der Waals surface area contributed by atoms with E-state index >= 15 is 0 Å². The summed E-state index contributed by atoms with van der Waals surface area (Å²) in [4.78, 5) is 30.0. The largest absolute Gasteiger partial charge is 0.487 e. The zero-order chi connectivity index (χ0) is 29.7. The fourth-order valence-corrected chi connectivity index (χ4v) is 6.37. The highest BCUT2D eigenvalue weighted by atomic mass is 32.2. The van der Waals surface area contributed by atoms with Crippen molar-refractivity contribution in [1.82, 2.24) is 15.1 Å². The number of sulfonamides is 1. The Morgan fingerprint density at radius 1 is 1.15 bits per heavy atom. The molecule has 2 aromatic carbocycles. The molecular weight excluding hydrogens is 544 g/mol. The van der Waals surface area contributed by atoms with E-state index in [4.69, 9.17) is 4.74 Å². The predicted octanol–water partition coefficient (Wildman–Crippen LogP) is 3.99. The monoisotopic (exact) mass is 586 g/mol. The maximum Gasteiger partial charge on any atom is 0.317 e. The molecular formula is C30H42N4O6S. The van der Waals surface area contributed by atoms with E-state index in [1.165, 1.54) is 24.6 Å². The molecule has 0 spiro atoms. The summed E-state index contributed by atoms with van der Waals surface area (Å²) in [6.45, 7) is 5.94. The average Bonchev–Trinajstić information content (AvgIpc) is 2.95. The number of nitrogens with zero attached hydrogens (tertiary/aromatic N) is 2. The third-order valence-electron chi connectivity index (χ3n) is 7.98. The fourth-order valence-electron chi connectivity index (χ4n) is 5.32. The lowest BCUT2D eigenvalue weighted by Gasteiger charge is -2.38. The molecule has 1 aliphatic heterocycles. The smallest absolute Gasteiger partial charge is 0.317 e. The van der Waals surface area contributed by atoms with Gasteiger partial charge in [-0.1, -0.05) is 43.9 Å². The molecule has 224 valence electrons. The number of amides is 3. The predicted molar refractivity (Wildman–Crippen MR) is 158 cm³/mol. The third kappa shape index (κ3) is 7.51. The van der Waals surface area contributed by atoms with Crippen LogP contribution in [0.25, 0.3) is 0 Å². The minimum absolute atomic E-state index is 0.108. The second kappa shape index (κ2) is 13.1. The first-order chi connectivity index (χ1) is 19.5. The van der Waals surface area contributed by atoms with Crippen LogP contribution in [0.3, 0.4) is 0 Å². The molecule has 1 fully saturated rings. The molecule has 4 rings (SSSR count). The highest BCUT2D eigenvalue weighted by Gasteiger charge is 2.34. The quantitative estimate of drug-likeness (QED) is 0.429. The first kappa shape index (κ1) is 30.6. The van der Waals surface area contributed by atoms with Crippen LogP contribution >= 0.6 is 0 Å². The second-order valence-electron chi connectivity index (χ2n) is 11.4. The lowest BCUT2D eigenvalue weighted by molar-refractivity contribution is 0.0366. The number of carbonyl (C=O) groups excluding carboxylic acids is 2. The van der Waals surface area contributed by atoms with Crippen molar-refractivity contribution in [2.75, 3.05) is 31.5 Å². The minimum Gasteiger partial charge on any atom is -0.487 e. The van der Waals surface area contributed by atoms with Crippen LogP contribution in [0, 0.1) is 12.8 Å². The van der Waals surface area contributed by atoms with Crippen LogP contribution < -0.4 is 14.8 Å². The Morgan fingerprint density at radius 2 is 1.83 bits per heavy atom. The standard InChI is InChI=1S/C30H42N4O6S/c1-20-10-13-25(14-11-20)41(38,39)32-24-12-15-27-26(16-24)29(36)34(22(3)19-35)17-21(2)28(40-27)18-33(4)30(37)31-23-8-6-5-7-9-23/h10-16,21-23,28,32,35H,5-9,17-19H2,1-4H3,(H,31,37)/t21-,22+,28-/m0/s1. The summed E-state index contributed by atoms with van der Waals surface area (Å²) in [6, 6.07) is 10.6. The van der Waals surface area contributed by atoms with Crippen molar-refractivity contribution < 1.29 is 27.9 Å². The van der Waals surface area contributed by atoms with Gasteiger partial charge in [-0.05, 0) is 57.0 Å². The molecule has 0 radical (unpaired) electrons. The normalized spacial score (nSPS) is 20.7. The van der Waals surface area contributed by atoms with Crippen molar-refractivity contribution in [2.45, 2.75) is 76.0 Å². The van der Waals surface area contributed by atoms with E-state index in [1.807, 2.05) is 13.8 Å². The van der Waals surface area contributed by atoms with Gasteiger partial charge in [0.15, 0.2) is 0 Å². The van der Waals surface area contributed by atoms with E-state index in [0.29, 0.717) is 12.3 Å². The van der Waals surface area contributed by atoms with Crippen LogP contribution in [0.5, 0.6) is 5.75 Å². The third-order valence-corrected chi connectivity index (χ3v) is 9.38. The lowest BCUT2D eigenvalue weighted by atomic mass is 9.96. The number of fused-ring (bicyclic) bond motifs is 1. The van der Waals surface area contributed by atoms with Gasteiger partial charge in [0.1, 0.15) is 11.9 Å². The molecule has 0 saturated heterocycles. The SMILES string of the molecule is Cc1ccc(S(=O)(=O)Nc2ccc3c(c2)C(=O)N([C@H](C)CO)C[C@H](C)[C@H](CN(C)C(=O)NC2CCCCC2)O3)cc1. The van der Waals surface area contributed by atoms with Crippen molar-refractivity contribution in [1.29, 1.82) is 0 Å². The number of hydrogen-bond donors (Lipinski definition) is 3. The Balaban J connectivity index is 1.59. The molecule has 10 nitrogen and oxygen atoms in total. The number of likely N-dealkylation sites (N-methyl/N-ethyl adjacent to an activating group) is 1. The summed E-state index contributed by atoms with van der Waals surface area (Å²) in [5.74, 6) is -0.238. The molecule has 1 heterocycles. The molecule has 1 saturated carbocycles. The number of ether oxygens (including phenoxy) is 1. The summed E-state index contributed by atoms with van der Waals surface area (Å²) >= 11 is 0. The summed E-state index contributed by atoms with van der Waals surface area (Å²) in [5, 5.41) is 13.0. The number of aryl methyl sites for hydroxylation is 1. The fraction of sp³-hybridized carbons (Fsp3) is 0.533. The Labute approximate surface area is 243 Å². The summed E-state index contributed by atoms with van der Waals surface area (Å²) in [7, 11) is -2.16. The number of rotatable bonds is 8. The molecule has 0 aromatic heterocycles. The van der Waals surface area contributed by atoms with Gasteiger partial charge in [0.05, 0.1) is 29.7 Å². The van der Waals surface area contributed by atoms with E-state index in [2.05, 4.69) is 10.0 Å². The van der Waals surface area contributed by atoms with E-state index in [9.17, 15) is 23.1 Å². The number of carbonyl (C=O) groups is 2. The maximum atomic E-state index is 13.7. The van der Waals surface area contributed by atoms with E-state index < -0.39 is 22.2 Å². The zero-order valence-corrected chi connectivity index (χ0v) is 25.1. The van der Waals surface area contributed by atoms with Gasteiger partial charge in [-0.3, -0.25) is 9.52 Å². The first-order valence-electron chi connectivity index (χ1n) is 14.3. The molecule has 2 aliphatic rings. The Bertz CT molecular complexity index is 1330. The van der Waals surface area contributed by atoms with Crippen molar-refractivity contribution in [3.63, 3.8) is 0 Å². The Kier molecular flexibility index (Phi) is 9.80. The van der Waals surface area contributed by atoms with Crippen LogP contribution in [0.4, 0.5) is 10.5 Å². The molecule has 3 amide bonds. The average molecular weight is 587 g/mol. The maximum absolute atomic E-state index is 13.7. The summed E-state index contributed by atoms with van der Waals surface area (Å²) < 4.78 is 35.0. The number of benzene rings is 2. The zero-order valence-electron chi connectivity index (χ0n) is 24.3. The van der Waals surface area contributed by atoms with Crippen LogP contribution in [0.15, 0.2) is 47.4 Å². The number of aliphatic hydroxyl groups excluding tert-OH is 1.